The standard InChI is InChI=1S/C10H13ClO2/c1-4-5-6-9(8(2)13-3)10(12)7-11/h4-6H,2,7H2,1,3H3/b5-4-,9-6+. The van der Waals surface area contributed by atoms with Crippen LogP contribution in [-0.2, 0) is 9.53 Å². The lowest BCUT2D eigenvalue weighted by molar-refractivity contribution is -0.113. The Morgan fingerprint density at radius 3 is 2.62 bits per heavy atom. The van der Waals surface area contributed by atoms with Crippen molar-refractivity contribution < 1.29 is 9.53 Å². The van der Waals surface area contributed by atoms with Gasteiger partial charge < -0.3 is 4.74 Å². The van der Waals surface area contributed by atoms with Gasteiger partial charge in [0.1, 0.15) is 5.76 Å². The van der Waals surface area contributed by atoms with Gasteiger partial charge in [-0.2, -0.15) is 0 Å². The number of alkyl halides is 1. The highest BCUT2D eigenvalue weighted by Crippen LogP contribution is 2.10. The largest absolute Gasteiger partial charge is 0.497 e. The molecule has 0 aromatic carbocycles. The van der Waals surface area contributed by atoms with E-state index in [9.17, 15) is 4.79 Å². The predicted octanol–water partition coefficient (Wildman–Crippen LogP) is 2.46. The Bertz CT molecular complexity index is 234. The fourth-order valence-electron chi connectivity index (χ4n) is 0.716. The van der Waals surface area contributed by atoms with Gasteiger partial charge in [-0.05, 0) is 13.0 Å². The molecule has 0 bridgehead atoms. The van der Waals surface area contributed by atoms with Crippen LogP contribution in [0.4, 0.5) is 0 Å². The molecule has 0 heterocycles. The summed E-state index contributed by atoms with van der Waals surface area (Å²) in [6, 6.07) is 0. The number of Topliss-reactive ketones (excluding diaryl/α,β-unsaturated/α-hetero) is 1. The summed E-state index contributed by atoms with van der Waals surface area (Å²) < 4.78 is 4.86. The molecule has 3 heteroatoms. The second-order valence-corrected chi connectivity index (χ2v) is 2.56. The van der Waals surface area contributed by atoms with Crippen LogP contribution in [0.15, 0.2) is 36.1 Å². The van der Waals surface area contributed by atoms with E-state index in [1.165, 1.54) is 7.11 Å². The van der Waals surface area contributed by atoms with Gasteiger partial charge in [0, 0.05) is 0 Å². The fourth-order valence-corrected chi connectivity index (χ4v) is 0.860. The molecule has 2 nitrogen and oxygen atoms in total. The van der Waals surface area contributed by atoms with Crippen molar-refractivity contribution in [2.24, 2.45) is 0 Å². The molecule has 13 heavy (non-hydrogen) atoms. The number of halogens is 1. The van der Waals surface area contributed by atoms with Crippen molar-refractivity contribution in [1.29, 1.82) is 0 Å². The molecular formula is C10H13ClO2. The Kier molecular flexibility index (Phi) is 5.98. The zero-order valence-electron chi connectivity index (χ0n) is 7.84. The molecule has 0 aliphatic carbocycles. The molecule has 0 fully saturated rings. The maximum Gasteiger partial charge on any atom is 0.181 e. The monoisotopic (exact) mass is 200 g/mol. The van der Waals surface area contributed by atoms with E-state index in [4.69, 9.17) is 16.3 Å². The molecule has 0 saturated heterocycles. The van der Waals surface area contributed by atoms with Crippen LogP contribution >= 0.6 is 11.6 Å². The average molecular weight is 201 g/mol. The van der Waals surface area contributed by atoms with Crippen molar-refractivity contribution >= 4 is 17.4 Å². The first-order valence-corrected chi connectivity index (χ1v) is 4.36. The Morgan fingerprint density at radius 2 is 2.23 bits per heavy atom. The van der Waals surface area contributed by atoms with Gasteiger partial charge in [-0.15, -0.1) is 11.6 Å². The van der Waals surface area contributed by atoms with Crippen molar-refractivity contribution in [3.05, 3.63) is 36.1 Å². The van der Waals surface area contributed by atoms with E-state index in [1.807, 2.05) is 13.0 Å². The summed E-state index contributed by atoms with van der Waals surface area (Å²) in [5, 5.41) is 0. The molecule has 0 aromatic rings. The molecule has 0 atom stereocenters. The fraction of sp³-hybridized carbons (Fsp3) is 0.300. The normalized spacial score (nSPS) is 11.8. The molecule has 0 aromatic heterocycles. The first-order chi connectivity index (χ1) is 6.17. The van der Waals surface area contributed by atoms with Crippen LogP contribution in [0.2, 0.25) is 0 Å². The van der Waals surface area contributed by atoms with E-state index < -0.39 is 0 Å². The lowest BCUT2D eigenvalue weighted by atomic mass is 10.1. The predicted molar refractivity (Wildman–Crippen MR) is 54.8 cm³/mol. The van der Waals surface area contributed by atoms with Crippen LogP contribution in [0.5, 0.6) is 0 Å². The topological polar surface area (TPSA) is 26.3 Å². The van der Waals surface area contributed by atoms with Gasteiger partial charge in [0.2, 0.25) is 0 Å². The molecule has 0 unspecified atom stereocenters. The molecular weight excluding hydrogens is 188 g/mol. The van der Waals surface area contributed by atoms with E-state index >= 15 is 0 Å². The van der Waals surface area contributed by atoms with Crippen LogP contribution in [0.25, 0.3) is 0 Å². The zero-order valence-corrected chi connectivity index (χ0v) is 8.60. The lowest BCUT2D eigenvalue weighted by Gasteiger charge is -2.05. The number of ketones is 1. The third-order valence-corrected chi connectivity index (χ3v) is 1.67. The van der Waals surface area contributed by atoms with Gasteiger partial charge in [0.05, 0.1) is 18.6 Å². The molecule has 0 rings (SSSR count). The quantitative estimate of drug-likeness (QED) is 0.295. The van der Waals surface area contributed by atoms with Gasteiger partial charge in [-0.1, -0.05) is 18.7 Å². The second kappa shape index (κ2) is 6.49. The van der Waals surface area contributed by atoms with Crippen molar-refractivity contribution in [2.45, 2.75) is 6.92 Å². The van der Waals surface area contributed by atoms with Gasteiger partial charge in [0.25, 0.3) is 0 Å². The summed E-state index contributed by atoms with van der Waals surface area (Å²) in [4.78, 5) is 11.2. The highest BCUT2D eigenvalue weighted by Gasteiger charge is 2.10. The maximum absolute atomic E-state index is 11.2. The lowest BCUT2D eigenvalue weighted by Crippen LogP contribution is -2.06. The van der Waals surface area contributed by atoms with Gasteiger partial charge in [-0.25, -0.2) is 0 Å². The number of hydrogen-bond donors (Lipinski definition) is 0. The van der Waals surface area contributed by atoms with Crippen molar-refractivity contribution in [2.75, 3.05) is 13.0 Å². The Morgan fingerprint density at radius 1 is 1.62 bits per heavy atom. The summed E-state index contributed by atoms with van der Waals surface area (Å²) in [5.74, 6) is 0.0848. The maximum atomic E-state index is 11.2. The summed E-state index contributed by atoms with van der Waals surface area (Å²) in [6.45, 7) is 5.45. The molecule has 72 valence electrons. The summed E-state index contributed by atoms with van der Waals surface area (Å²) >= 11 is 5.42. The molecule has 0 aliphatic heterocycles. The number of rotatable bonds is 5. The number of carbonyl (C=O) groups is 1. The molecule has 0 spiro atoms. The van der Waals surface area contributed by atoms with E-state index in [2.05, 4.69) is 6.58 Å². The van der Waals surface area contributed by atoms with Crippen LogP contribution in [0.1, 0.15) is 6.92 Å². The van der Waals surface area contributed by atoms with Crippen LogP contribution in [0, 0.1) is 0 Å². The van der Waals surface area contributed by atoms with Crippen molar-refractivity contribution in [1.82, 2.24) is 0 Å². The molecule has 0 radical (unpaired) electrons. The summed E-state index contributed by atoms with van der Waals surface area (Å²) in [7, 11) is 1.47. The van der Waals surface area contributed by atoms with Gasteiger partial charge >= 0.3 is 0 Å². The Hall–Kier alpha value is -1.02. The van der Waals surface area contributed by atoms with E-state index in [0.717, 1.165) is 0 Å². The minimum absolute atomic E-state index is 0.0637. The third kappa shape index (κ3) is 3.95. The van der Waals surface area contributed by atoms with Crippen LogP contribution < -0.4 is 0 Å². The molecule has 0 aliphatic rings. The molecule has 0 amide bonds. The number of methoxy groups -OCH3 is 1. The Labute approximate surface area is 83.5 Å². The van der Waals surface area contributed by atoms with Crippen LogP contribution in [-0.4, -0.2) is 18.8 Å². The molecule has 0 N–H and O–H groups in total. The third-order valence-electron chi connectivity index (χ3n) is 1.42. The summed E-state index contributed by atoms with van der Waals surface area (Å²) in [6.07, 6.45) is 5.19. The van der Waals surface area contributed by atoms with Crippen molar-refractivity contribution in [3.63, 3.8) is 0 Å². The number of allylic oxidation sites excluding steroid dienone is 4. The molecule has 0 saturated carbocycles. The van der Waals surface area contributed by atoms with Gasteiger partial charge in [-0.3, -0.25) is 4.79 Å². The van der Waals surface area contributed by atoms with Crippen molar-refractivity contribution in [3.8, 4) is 0 Å². The number of carbonyl (C=O) groups excluding carboxylic acids is 1. The highest BCUT2D eigenvalue weighted by molar-refractivity contribution is 6.30. The minimum Gasteiger partial charge on any atom is -0.497 e. The number of ether oxygens (including phenoxy) is 1. The summed E-state index contributed by atoms with van der Waals surface area (Å²) in [5.41, 5.74) is 0.413. The Balaban J connectivity index is 4.75. The van der Waals surface area contributed by atoms with E-state index in [0.29, 0.717) is 11.3 Å². The first-order valence-electron chi connectivity index (χ1n) is 3.82. The smallest absolute Gasteiger partial charge is 0.181 e. The SMILES string of the molecule is C=C(OC)/C(=C\C=C/C)C(=O)CCl. The average Bonchev–Trinajstić information content (AvgIpc) is 2.17. The van der Waals surface area contributed by atoms with Gasteiger partial charge in [0.15, 0.2) is 5.78 Å². The number of hydrogen-bond acceptors (Lipinski definition) is 2. The van der Waals surface area contributed by atoms with E-state index in [1.54, 1.807) is 12.2 Å². The second-order valence-electron chi connectivity index (χ2n) is 2.29. The zero-order chi connectivity index (χ0) is 10.3. The van der Waals surface area contributed by atoms with Crippen LogP contribution in [0.3, 0.4) is 0 Å². The van der Waals surface area contributed by atoms with E-state index in [-0.39, 0.29) is 11.7 Å². The first kappa shape index (κ1) is 12.0. The minimum atomic E-state index is -0.188. The highest BCUT2D eigenvalue weighted by atomic mass is 35.5.